The molecule has 104 valence electrons. The van der Waals surface area contributed by atoms with Crippen molar-refractivity contribution >= 4 is 5.69 Å². The lowest BCUT2D eigenvalue weighted by Gasteiger charge is -2.31. The Morgan fingerprint density at radius 3 is 2.84 bits per heavy atom. The molecule has 0 aromatic heterocycles. The molecule has 1 aromatic carbocycles. The molecule has 4 nitrogen and oxygen atoms in total. The Morgan fingerprint density at radius 2 is 2.21 bits per heavy atom. The topological polar surface area (TPSA) is 63.4 Å². The molecule has 1 saturated carbocycles. The maximum Gasteiger partial charge on any atom is 0.304 e. The van der Waals surface area contributed by atoms with Crippen molar-refractivity contribution in [1.82, 2.24) is 0 Å². The second kappa shape index (κ2) is 5.65. The zero-order valence-corrected chi connectivity index (χ0v) is 10.9. The summed E-state index contributed by atoms with van der Waals surface area (Å²) in [7, 11) is 0. The second-order valence-corrected chi connectivity index (χ2v) is 5.49. The quantitative estimate of drug-likeness (QED) is 0.676. The zero-order chi connectivity index (χ0) is 14.0. The van der Waals surface area contributed by atoms with Crippen LogP contribution in [0.25, 0.3) is 0 Å². The molecule has 2 rings (SSSR count). The summed E-state index contributed by atoms with van der Waals surface area (Å²) in [6.45, 7) is 2.15. The largest absolute Gasteiger partial charge is 0.393 e. The summed E-state index contributed by atoms with van der Waals surface area (Å²) in [6, 6.07) is 3.99. The Morgan fingerprint density at radius 1 is 1.47 bits per heavy atom. The fraction of sp³-hybridized carbons (Fsp3) is 0.571. The molecule has 0 aliphatic heterocycles. The Labute approximate surface area is 111 Å². The van der Waals surface area contributed by atoms with Crippen LogP contribution >= 0.6 is 0 Å². The van der Waals surface area contributed by atoms with Gasteiger partial charge < -0.3 is 5.11 Å². The van der Waals surface area contributed by atoms with Gasteiger partial charge in [-0.1, -0.05) is 13.0 Å². The molecule has 1 fully saturated rings. The zero-order valence-electron chi connectivity index (χ0n) is 10.9. The standard InChI is InChI=1S/C14H18FNO3/c1-9-2-5-14(17)11(6-9)7-10-3-4-13(16(18)19)12(15)8-10/h3-4,8-9,11,14,17H,2,5-7H2,1H3. The lowest BCUT2D eigenvalue weighted by Crippen LogP contribution is -2.29. The highest BCUT2D eigenvalue weighted by atomic mass is 19.1. The van der Waals surface area contributed by atoms with Gasteiger partial charge in [-0.3, -0.25) is 10.1 Å². The molecular formula is C14H18FNO3. The van der Waals surface area contributed by atoms with E-state index in [1.807, 2.05) is 0 Å². The number of rotatable bonds is 3. The summed E-state index contributed by atoms with van der Waals surface area (Å²) < 4.78 is 13.5. The summed E-state index contributed by atoms with van der Waals surface area (Å²) in [6.07, 6.45) is 2.93. The second-order valence-electron chi connectivity index (χ2n) is 5.49. The molecule has 1 aromatic rings. The highest BCUT2D eigenvalue weighted by Gasteiger charge is 2.27. The van der Waals surface area contributed by atoms with E-state index in [0.29, 0.717) is 17.9 Å². The van der Waals surface area contributed by atoms with Crippen molar-refractivity contribution in [2.24, 2.45) is 11.8 Å². The van der Waals surface area contributed by atoms with Crippen molar-refractivity contribution in [3.63, 3.8) is 0 Å². The van der Waals surface area contributed by atoms with Gasteiger partial charge >= 0.3 is 5.69 Å². The van der Waals surface area contributed by atoms with Crippen LogP contribution in [-0.4, -0.2) is 16.1 Å². The van der Waals surface area contributed by atoms with Gasteiger partial charge in [0.2, 0.25) is 5.82 Å². The maximum absolute atomic E-state index is 13.5. The fourth-order valence-electron chi connectivity index (χ4n) is 2.83. The van der Waals surface area contributed by atoms with Crippen LogP contribution in [0.1, 0.15) is 31.7 Å². The number of nitrogens with zero attached hydrogens (tertiary/aromatic N) is 1. The summed E-state index contributed by atoms with van der Waals surface area (Å²) in [5.74, 6) is -0.123. The van der Waals surface area contributed by atoms with Crippen LogP contribution in [0.4, 0.5) is 10.1 Å². The van der Waals surface area contributed by atoms with Crippen LogP contribution in [0, 0.1) is 27.8 Å². The number of halogens is 1. The van der Waals surface area contributed by atoms with Crippen LogP contribution < -0.4 is 0 Å². The van der Waals surface area contributed by atoms with Crippen molar-refractivity contribution in [3.05, 3.63) is 39.7 Å². The predicted molar refractivity (Wildman–Crippen MR) is 69.3 cm³/mol. The molecule has 0 radical (unpaired) electrons. The maximum atomic E-state index is 13.5. The van der Waals surface area contributed by atoms with Gasteiger partial charge in [-0.05, 0) is 49.1 Å². The van der Waals surface area contributed by atoms with Gasteiger partial charge in [-0.15, -0.1) is 0 Å². The van der Waals surface area contributed by atoms with Crippen LogP contribution in [0.15, 0.2) is 18.2 Å². The molecule has 1 N–H and O–H groups in total. The molecule has 3 unspecified atom stereocenters. The van der Waals surface area contributed by atoms with Crippen LogP contribution in [-0.2, 0) is 6.42 Å². The summed E-state index contributed by atoms with van der Waals surface area (Å²) in [5.41, 5.74) is 0.211. The van der Waals surface area contributed by atoms with E-state index in [9.17, 15) is 19.6 Å². The summed E-state index contributed by atoms with van der Waals surface area (Å²) >= 11 is 0. The number of nitro benzene ring substituents is 1. The molecule has 0 amide bonds. The Kier molecular flexibility index (Phi) is 4.14. The van der Waals surface area contributed by atoms with E-state index in [1.165, 1.54) is 12.1 Å². The third-order valence-corrected chi connectivity index (χ3v) is 3.91. The first-order chi connectivity index (χ1) is 8.97. The first kappa shape index (κ1) is 13.9. The Bertz CT molecular complexity index is 478. The molecule has 0 bridgehead atoms. The van der Waals surface area contributed by atoms with E-state index >= 15 is 0 Å². The van der Waals surface area contributed by atoms with E-state index in [2.05, 4.69) is 6.92 Å². The van der Waals surface area contributed by atoms with Gasteiger partial charge in [0.25, 0.3) is 0 Å². The molecule has 0 heterocycles. The monoisotopic (exact) mass is 267 g/mol. The number of benzene rings is 1. The molecule has 3 atom stereocenters. The minimum Gasteiger partial charge on any atom is -0.393 e. The number of hydrogen-bond donors (Lipinski definition) is 1. The highest BCUT2D eigenvalue weighted by molar-refractivity contribution is 5.35. The minimum absolute atomic E-state index is 0.115. The highest BCUT2D eigenvalue weighted by Crippen LogP contribution is 2.32. The average Bonchev–Trinajstić information content (AvgIpc) is 2.33. The van der Waals surface area contributed by atoms with Gasteiger partial charge in [0.1, 0.15) is 0 Å². The first-order valence-electron chi connectivity index (χ1n) is 6.58. The first-order valence-corrected chi connectivity index (χ1v) is 6.58. The Balaban J connectivity index is 2.10. The predicted octanol–water partition coefficient (Wildman–Crippen LogP) is 3.07. The number of aliphatic hydroxyl groups is 1. The van der Waals surface area contributed by atoms with E-state index in [1.54, 1.807) is 6.07 Å². The summed E-state index contributed by atoms with van der Waals surface area (Å²) in [4.78, 5) is 9.82. The third-order valence-electron chi connectivity index (χ3n) is 3.91. The van der Waals surface area contributed by atoms with Crippen molar-refractivity contribution < 1.29 is 14.4 Å². The van der Waals surface area contributed by atoms with Gasteiger partial charge in [0.15, 0.2) is 0 Å². The van der Waals surface area contributed by atoms with Gasteiger partial charge in [-0.2, -0.15) is 4.39 Å². The number of aliphatic hydroxyl groups excluding tert-OH is 1. The average molecular weight is 267 g/mol. The molecule has 1 aliphatic rings. The molecule has 0 spiro atoms. The molecule has 0 saturated heterocycles. The Hall–Kier alpha value is -1.49. The lowest BCUT2D eigenvalue weighted by atomic mass is 9.77. The third kappa shape index (κ3) is 3.29. The van der Waals surface area contributed by atoms with E-state index < -0.39 is 16.4 Å². The lowest BCUT2D eigenvalue weighted by molar-refractivity contribution is -0.387. The van der Waals surface area contributed by atoms with Crippen LogP contribution in [0.5, 0.6) is 0 Å². The van der Waals surface area contributed by atoms with Crippen molar-refractivity contribution in [2.45, 2.75) is 38.7 Å². The molecule has 1 aliphatic carbocycles. The van der Waals surface area contributed by atoms with Gasteiger partial charge in [-0.25, -0.2) is 0 Å². The van der Waals surface area contributed by atoms with E-state index in [4.69, 9.17) is 0 Å². The minimum atomic E-state index is -0.805. The molecule has 19 heavy (non-hydrogen) atoms. The number of nitro groups is 1. The smallest absolute Gasteiger partial charge is 0.304 e. The van der Waals surface area contributed by atoms with E-state index in [-0.39, 0.29) is 12.0 Å². The summed E-state index contributed by atoms with van der Waals surface area (Å²) in [5, 5.41) is 20.5. The van der Waals surface area contributed by atoms with E-state index in [0.717, 1.165) is 19.3 Å². The van der Waals surface area contributed by atoms with Gasteiger partial charge in [0.05, 0.1) is 11.0 Å². The van der Waals surface area contributed by atoms with Crippen molar-refractivity contribution in [2.75, 3.05) is 0 Å². The van der Waals surface area contributed by atoms with Crippen LogP contribution in [0.3, 0.4) is 0 Å². The van der Waals surface area contributed by atoms with Gasteiger partial charge in [0, 0.05) is 6.07 Å². The van der Waals surface area contributed by atoms with Crippen molar-refractivity contribution in [3.8, 4) is 0 Å². The number of hydrogen-bond acceptors (Lipinski definition) is 3. The van der Waals surface area contributed by atoms with Crippen LogP contribution in [0.2, 0.25) is 0 Å². The normalized spacial score (nSPS) is 27.2. The molecule has 5 heteroatoms. The van der Waals surface area contributed by atoms with Crippen molar-refractivity contribution in [1.29, 1.82) is 0 Å². The molecular weight excluding hydrogens is 249 g/mol. The SMILES string of the molecule is CC1CCC(O)C(Cc2ccc([N+](=O)[O-])c(F)c2)C1. The fourth-order valence-corrected chi connectivity index (χ4v) is 2.83.